The minimum absolute atomic E-state index is 0.215. The normalized spacial score (nSPS) is 16.0. The second kappa shape index (κ2) is 7.40. The van der Waals surface area contributed by atoms with Crippen molar-refractivity contribution in [2.24, 2.45) is 0 Å². The Labute approximate surface area is 172 Å². The number of aromatic nitrogens is 3. The number of thiophene rings is 1. The van der Waals surface area contributed by atoms with Gasteiger partial charge < -0.3 is 9.84 Å². The highest BCUT2D eigenvalue weighted by molar-refractivity contribution is 7.08. The molecule has 0 spiro atoms. The van der Waals surface area contributed by atoms with E-state index in [1.165, 1.54) is 0 Å². The third-order valence-electron chi connectivity index (χ3n) is 5.51. The Kier molecular flexibility index (Phi) is 4.60. The maximum atomic E-state index is 13.1. The molecule has 1 aliphatic carbocycles. The Morgan fingerprint density at radius 3 is 2.72 bits per heavy atom. The van der Waals surface area contributed by atoms with Crippen LogP contribution in [0.25, 0.3) is 22.3 Å². The number of amides is 1. The minimum atomic E-state index is -0.649. The SMILES string of the molecule is O=C(NC1(c2nc(-c3ccsc3)no2)CCCCC1)c1ccc2ccccc2n1. The largest absolute Gasteiger partial charge is 0.336 e. The molecule has 5 rings (SSSR count). The zero-order chi connectivity index (χ0) is 19.7. The number of benzene rings is 1. The van der Waals surface area contributed by atoms with Crippen molar-refractivity contribution in [1.29, 1.82) is 0 Å². The van der Waals surface area contributed by atoms with Gasteiger partial charge in [0.25, 0.3) is 11.8 Å². The van der Waals surface area contributed by atoms with Crippen LogP contribution in [0.3, 0.4) is 0 Å². The summed E-state index contributed by atoms with van der Waals surface area (Å²) in [5.41, 5.74) is 1.48. The highest BCUT2D eigenvalue weighted by atomic mass is 32.1. The molecule has 1 aromatic carbocycles. The molecule has 0 saturated heterocycles. The van der Waals surface area contributed by atoms with Crippen molar-refractivity contribution in [1.82, 2.24) is 20.4 Å². The van der Waals surface area contributed by atoms with Crippen LogP contribution in [0.15, 0.2) is 57.7 Å². The lowest BCUT2D eigenvalue weighted by Crippen LogP contribution is -2.47. The number of nitrogens with zero attached hydrogens (tertiary/aromatic N) is 3. The summed E-state index contributed by atoms with van der Waals surface area (Å²) in [6, 6.07) is 13.4. The van der Waals surface area contributed by atoms with Gasteiger partial charge in [-0.25, -0.2) is 4.98 Å². The number of fused-ring (bicyclic) bond motifs is 1. The first-order valence-electron chi connectivity index (χ1n) is 9.79. The minimum Gasteiger partial charge on any atom is -0.336 e. The van der Waals surface area contributed by atoms with Crippen molar-refractivity contribution in [2.75, 3.05) is 0 Å². The highest BCUT2D eigenvalue weighted by Gasteiger charge is 2.41. The number of hydrogen-bond acceptors (Lipinski definition) is 6. The van der Waals surface area contributed by atoms with E-state index >= 15 is 0 Å². The van der Waals surface area contributed by atoms with E-state index in [0.29, 0.717) is 17.4 Å². The number of para-hydroxylation sites is 1. The van der Waals surface area contributed by atoms with Gasteiger partial charge in [-0.3, -0.25) is 4.79 Å². The fourth-order valence-electron chi connectivity index (χ4n) is 3.95. The van der Waals surface area contributed by atoms with E-state index < -0.39 is 5.54 Å². The van der Waals surface area contributed by atoms with Crippen LogP contribution >= 0.6 is 11.3 Å². The van der Waals surface area contributed by atoms with E-state index in [1.54, 1.807) is 17.4 Å². The molecule has 29 heavy (non-hydrogen) atoms. The number of carbonyl (C=O) groups excluding carboxylic acids is 1. The van der Waals surface area contributed by atoms with Gasteiger partial charge in [-0.2, -0.15) is 16.3 Å². The lowest BCUT2D eigenvalue weighted by Gasteiger charge is -2.34. The fourth-order valence-corrected chi connectivity index (χ4v) is 4.58. The monoisotopic (exact) mass is 404 g/mol. The number of hydrogen-bond donors (Lipinski definition) is 1. The van der Waals surface area contributed by atoms with E-state index in [0.717, 1.165) is 48.6 Å². The third-order valence-corrected chi connectivity index (χ3v) is 6.19. The summed E-state index contributed by atoms with van der Waals surface area (Å²) in [5.74, 6) is 0.824. The van der Waals surface area contributed by atoms with Gasteiger partial charge in [-0.15, -0.1) is 0 Å². The standard InChI is InChI=1S/C22H20N4O2S/c27-20(18-9-8-15-6-2-3-7-17(15)23-18)25-22(11-4-1-5-12-22)21-24-19(26-28-21)16-10-13-29-14-16/h2-3,6-10,13-14H,1,4-5,11-12H2,(H,25,27). The fraction of sp³-hybridized carbons (Fsp3) is 0.273. The molecule has 3 heterocycles. The maximum absolute atomic E-state index is 13.1. The molecule has 6 nitrogen and oxygen atoms in total. The molecule has 3 aromatic heterocycles. The Morgan fingerprint density at radius 1 is 1.03 bits per heavy atom. The molecule has 1 amide bonds. The quantitative estimate of drug-likeness (QED) is 0.521. The van der Waals surface area contributed by atoms with Crippen LogP contribution in [0, 0.1) is 0 Å². The van der Waals surface area contributed by atoms with Gasteiger partial charge in [0, 0.05) is 16.3 Å². The van der Waals surface area contributed by atoms with Crippen LogP contribution in [-0.4, -0.2) is 21.0 Å². The van der Waals surface area contributed by atoms with Crippen molar-refractivity contribution in [3.8, 4) is 11.4 Å². The van der Waals surface area contributed by atoms with Gasteiger partial charge in [0.2, 0.25) is 5.82 Å². The molecule has 7 heteroatoms. The average Bonchev–Trinajstić information content (AvgIpc) is 3.46. The predicted molar refractivity (Wildman–Crippen MR) is 112 cm³/mol. The Hall–Kier alpha value is -3.06. The summed E-state index contributed by atoms with van der Waals surface area (Å²) in [5, 5.41) is 12.3. The molecule has 1 saturated carbocycles. The molecule has 0 aliphatic heterocycles. The number of carbonyl (C=O) groups is 1. The summed E-state index contributed by atoms with van der Waals surface area (Å²) in [6.45, 7) is 0. The van der Waals surface area contributed by atoms with Crippen LogP contribution in [0.2, 0.25) is 0 Å². The molecule has 146 valence electrons. The van der Waals surface area contributed by atoms with Crippen LogP contribution in [0.1, 0.15) is 48.5 Å². The lowest BCUT2D eigenvalue weighted by atomic mass is 9.81. The molecule has 1 fully saturated rings. The Bertz CT molecular complexity index is 1150. The molecule has 0 atom stereocenters. The van der Waals surface area contributed by atoms with Crippen LogP contribution in [0.5, 0.6) is 0 Å². The van der Waals surface area contributed by atoms with Crippen LogP contribution < -0.4 is 5.32 Å². The first-order valence-corrected chi connectivity index (χ1v) is 10.7. The van der Waals surface area contributed by atoms with E-state index in [9.17, 15) is 4.79 Å². The molecular weight excluding hydrogens is 384 g/mol. The first kappa shape index (κ1) is 18.0. The zero-order valence-corrected chi connectivity index (χ0v) is 16.6. The molecule has 0 unspecified atom stereocenters. The van der Waals surface area contributed by atoms with Gasteiger partial charge in [0.05, 0.1) is 5.52 Å². The van der Waals surface area contributed by atoms with E-state index in [4.69, 9.17) is 4.52 Å². The smallest absolute Gasteiger partial charge is 0.270 e. The van der Waals surface area contributed by atoms with Gasteiger partial charge in [-0.05, 0) is 36.4 Å². The molecule has 0 bridgehead atoms. The van der Waals surface area contributed by atoms with Crippen molar-refractivity contribution < 1.29 is 9.32 Å². The molecule has 4 aromatic rings. The van der Waals surface area contributed by atoms with Gasteiger partial charge >= 0.3 is 0 Å². The Morgan fingerprint density at radius 2 is 1.90 bits per heavy atom. The number of nitrogens with one attached hydrogen (secondary N) is 1. The number of rotatable bonds is 4. The molecule has 0 radical (unpaired) electrons. The third kappa shape index (κ3) is 3.42. The van der Waals surface area contributed by atoms with Crippen molar-refractivity contribution in [3.63, 3.8) is 0 Å². The Balaban J connectivity index is 1.46. The van der Waals surface area contributed by atoms with Crippen molar-refractivity contribution >= 4 is 28.1 Å². The van der Waals surface area contributed by atoms with E-state index in [-0.39, 0.29) is 5.91 Å². The predicted octanol–water partition coefficient (Wildman–Crippen LogP) is 4.94. The van der Waals surface area contributed by atoms with Gasteiger partial charge in [0.15, 0.2) is 0 Å². The summed E-state index contributed by atoms with van der Waals surface area (Å²) in [7, 11) is 0. The summed E-state index contributed by atoms with van der Waals surface area (Å²) in [6.07, 6.45) is 4.69. The average molecular weight is 404 g/mol. The van der Waals surface area contributed by atoms with Crippen molar-refractivity contribution in [2.45, 2.75) is 37.6 Å². The highest BCUT2D eigenvalue weighted by Crippen LogP contribution is 2.37. The first-order chi connectivity index (χ1) is 14.2. The lowest BCUT2D eigenvalue weighted by molar-refractivity contribution is 0.0820. The molecule has 1 aliphatic rings. The van der Waals surface area contributed by atoms with Crippen molar-refractivity contribution in [3.05, 3.63) is 64.8 Å². The second-order valence-corrected chi connectivity index (χ2v) is 8.20. The van der Waals surface area contributed by atoms with Gasteiger partial charge in [0.1, 0.15) is 11.2 Å². The topological polar surface area (TPSA) is 80.9 Å². The van der Waals surface area contributed by atoms with E-state index in [2.05, 4.69) is 20.4 Å². The molecule has 1 N–H and O–H groups in total. The maximum Gasteiger partial charge on any atom is 0.270 e. The van der Waals surface area contributed by atoms with Gasteiger partial charge in [-0.1, -0.05) is 48.7 Å². The number of pyridine rings is 1. The summed E-state index contributed by atoms with van der Waals surface area (Å²) >= 11 is 1.59. The summed E-state index contributed by atoms with van der Waals surface area (Å²) in [4.78, 5) is 22.3. The second-order valence-electron chi connectivity index (χ2n) is 7.42. The van der Waals surface area contributed by atoms with Crippen LogP contribution in [-0.2, 0) is 5.54 Å². The molecular formula is C22H20N4O2S. The summed E-state index contributed by atoms with van der Waals surface area (Å²) < 4.78 is 5.65. The van der Waals surface area contributed by atoms with E-state index in [1.807, 2.05) is 47.2 Å². The van der Waals surface area contributed by atoms with Crippen LogP contribution in [0.4, 0.5) is 0 Å². The zero-order valence-electron chi connectivity index (χ0n) is 15.8.